The van der Waals surface area contributed by atoms with E-state index in [1.54, 1.807) is 29.2 Å². The number of aromatic nitrogens is 3. The smallest absolute Gasteiger partial charge is 0.224 e. The number of nitrogens with zero attached hydrogens (tertiary/aromatic N) is 3. The second-order valence-corrected chi connectivity index (χ2v) is 5.53. The van der Waals surface area contributed by atoms with Crippen molar-refractivity contribution in [1.82, 2.24) is 20.1 Å². The van der Waals surface area contributed by atoms with Crippen LogP contribution in [0.25, 0.3) is 11.3 Å². The fourth-order valence-electron chi connectivity index (χ4n) is 2.30. The van der Waals surface area contributed by atoms with Crippen molar-refractivity contribution in [2.45, 2.75) is 13.0 Å². The number of halogens is 1. The van der Waals surface area contributed by atoms with E-state index in [0.717, 1.165) is 22.4 Å². The normalized spacial score (nSPS) is 10.6. The first-order valence-electron chi connectivity index (χ1n) is 7.55. The lowest BCUT2D eigenvalue weighted by Crippen LogP contribution is -2.24. The maximum absolute atomic E-state index is 12.8. The third-order valence-corrected chi connectivity index (χ3v) is 3.59. The van der Waals surface area contributed by atoms with Crippen molar-refractivity contribution in [3.05, 3.63) is 71.9 Å². The van der Waals surface area contributed by atoms with Gasteiger partial charge in [-0.2, -0.15) is 5.10 Å². The van der Waals surface area contributed by atoms with Crippen LogP contribution in [-0.4, -0.2) is 20.7 Å². The number of hydrogen-bond donors (Lipinski definition) is 1. The number of carbonyl (C=O) groups is 1. The van der Waals surface area contributed by atoms with E-state index in [4.69, 9.17) is 0 Å². The molecule has 5 nitrogen and oxygen atoms in total. The van der Waals surface area contributed by atoms with Crippen LogP contribution in [0.3, 0.4) is 0 Å². The number of rotatable bonds is 5. The Morgan fingerprint density at radius 3 is 2.50 bits per heavy atom. The zero-order chi connectivity index (χ0) is 16.9. The Balaban J connectivity index is 1.54. The number of nitrogens with one attached hydrogen (secondary N) is 1. The topological polar surface area (TPSA) is 59.8 Å². The van der Waals surface area contributed by atoms with E-state index in [1.165, 1.54) is 12.1 Å². The Morgan fingerprint density at radius 1 is 1.12 bits per heavy atom. The number of benzene rings is 1. The Morgan fingerprint density at radius 2 is 1.88 bits per heavy atom. The van der Waals surface area contributed by atoms with Crippen molar-refractivity contribution in [1.29, 1.82) is 0 Å². The summed E-state index contributed by atoms with van der Waals surface area (Å²) in [4.78, 5) is 16.3. The molecule has 0 bridgehead atoms. The Hall–Kier alpha value is -3.02. The highest BCUT2D eigenvalue weighted by Crippen LogP contribution is 2.15. The highest BCUT2D eigenvalue weighted by Gasteiger charge is 2.05. The van der Waals surface area contributed by atoms with Gasteiger partial charge in [0.2, 0.25) is 5.91 Å². The molecule has 0 fully saturated rings. The molecule has 0 atom stereocenters. The first-order chi connectivity index (χ1) is 11.6. The van der Waals surface area contributed by atoms with Gasteiger partial charge in [0.25, 0.3) is 0 Å². The van der Waals surface area contributed by atoms with Gasteiger partial charge in [-0.3, -0.25) is 14.5 Å². The molecule has 6 heteroatoms. The average Bonchev–Trinajstić information content (AvgIpc) is 3.02. The maximum atomic E-state index is 12.8. The maximum Gasteiger partial charge on any atom is 0.224 e. The largest absolute Gasteiger partial charge is 0.352 e. The summed E-state index contributed by atoms with van der Waals surface area (Å²) >= 11 is 0. The van der Waals surface area contributed by atoms with E-state index in [-0.39, 0.29) is 18.1 Å². The minimum atomic E-state index is -0.307. The SMILES string of the molecule is Cn1cc(-c2ccc(CNC(=O)Cc3ccc(F)cc3)cn2)cn1. The predicted molar refractivity (Wildman–Crippen MR) is 88.4 cm³/mol. The molecule has 122 valence electrons. The van der Waals surface area contributed by atoms with Gasteiger partial charge in [0.05, 0.1) is 18.3 Å². The standard InChI is InChI=1S/C18H17FN4O/c1-23-12-15(11-22-23)17-7-4-14(9-20-17)10-21-18(24)8-13-2-5-16(19)6-3-13/h2-7,9,11-12H,8,10H2,1H3,(H,21,24). The van der Waals surface area contributed by atoms with Crippen molar-refractivity contribution in [2.75, 3.05) is 0 Å². The Bertz CT molecular complexity index is 825. The van der Waals surface area contributed by atoms with Gasteiger partial charge in [0.1, 0.15) is 5.82 Å². The molecule has 3 aromatic rings. The summed E-state index contributed by atoms with van der Waals surface area (Å²) in [6.45, 7) is 0.403. The van der Waals surface area contributed by atoms with Gasteiger partial charge in [-0.25, -0.2) is 4.39 Å². The zero-order valence-electron chi connectivity index (χ0n) is 13.2. The monoisotopic (exact) mass is 324 g/mol. The summed E-state index contributed by atoms with van der Waals surface area (Å²) in [6, 6.07) is 9.75. The molecule has 2 aromatic heterocycles. The van der Waals surface area contributed by atoms with Crippen LogP contribution in [0.4, 0.5) is 4.39 Å². The molecular formula is C18H17FN4O. The fraction of sp³-hybridized carbons (Fsp3) is 0.167. The van der Waals surface area contributed by atoms with Crippen molar-refractivity contribution >= 4 is 5.91 Å². The summed E-state index contributed by atoms with van der Waals surface area (Å²) in [5.41, 5.74) is 3.47. The van der Waals surface area contributed by atoms with Gasteiger partial charge in [-0.15, -0.1) is 0 Å². The first kappa shape index (κ1) is 15.9. The molecule has 24 heavy (non-hydrogen) atoms. The fourth-order valence-corrected chi connectivity index (χ4v) is 2.30. The minimum Gasteiger partial charge on any atom is -0.352 e. The molecule has 0 spiro atoms. The van der Waals surface area contributed by atoms with Crippen LogP contribution in [0.15, 0.2) is 55.0 Å². The lowest BCUT2D eigenvalue weighted by Gasteiger charge is -2.06. The average molecular weight is 324 g/mol. The van der Waals surface area contributed by atoms with Crippen LogP contribution in [0.5, 0.6) is 0 Å². The van der Waals surface area contributed by atoms with Crippen molar-refractivity contribution < 1.29 is 9.18 Å². The van der Waals surface area contributed by atoms with E-state index >= 15 is 0 Å². The van der Waals surface area contributed by atoms with E-state index in [0.29, 0.717) is 6.54 Å². The van der Waals surface area contributed by atoms with Crippen LogP contribution < -0.4 is 5.32 Å². The summed E-state index contributed by atoms with van der Waals surface area (Å²) in [7, 11) is 1.86. The highest BCUT2D eigenvalue weighted by molar-refractivity contribution is 5.78. The van der Waals surface area contributed by atoms with Gasteiger partial charge < -0.3 is 5.32 Å². The van der Waals surface area contributed by atoms with E-state index in [9.17, 15) is 9.18 Å². The molecule has 3 rings (SSSR count). The zero-order valence-corrected chi connectivity index (χ0v) is 13.2. The molecule has 0 unspecified atom stereocenters. The number of amides is 1. The Kier molecular flexibility index (Phi) is 4.65. The molecular weight excluding hydrogens is 307 g/mol. The molecule has 0 aliphatic carbocycles. The van der Waals surface area contributed by atoms with Crippen molar-refractivity contribution in [3.8, 4) is 11.3 Å². The molecule has 0 saturated carbocycles. The number of aryl methyl sites for hydroxylation is 1. The molecule has 2 heterocycles. The minimum absolute atomic E-state index is 0.113. The van der Waals surface area contributed by atoms with Crippen LogP contribution >= 0.6 is 0 Å². The third kappa shape index (κ3) is 4.04. The second kappa shape index (κ2) is 7.04. The van der Waals surface area contributed by atoms with E-state index < -0.39 is 0 Å². The lowest BCUT2D eigenvalue weighted by atomic mass is 10.1. The number of carbonyl (C=O) groups excluding carboxylic acids is 1. The van der Waals surface area contributed by atoms with Crippen molar-refractivity contribution in [2.24, 2.45) is 7.05 Å². The quantitative estimate of drug-likeness (QED) is 0.784. The summed E-state index contributed by atoms with van der Waals surface area (Å²) < 4.78 is 14.6. The number of pyridine rings is 1. The van der Waals surface area contributed by atoms with Gasteiger partial charge in [-0.05, 0) is 29.3 Å². The van der Waals surface area contributed by atoms with Crippen molar-refractivity contribution in [3.63, 3.8) is 0 Å². The molecule has 0 radical (unpaired) electrons. The van der Waals surface area contributed by atoms with Gasteiger partial charge in [0.15, 0.2) is 0 Å². The molecule has 1 amide bonds. The molecule has 0 aliphatic rings. The van der Waals surface area contributed by atoms with Crippen LogP contribution in [-0.2, 0) is 24.8 Å². The summed E-state index contributed by atoms with van der Waals surface area (Å²) in [5.74, 6) is -0.420. The van der Waals surface area contributed by atoms with Gasteiger partial charge >= 0.3 is 0 Å². The highest BCUT2D eigenvalue weighted by atomic mass is 19.1. The molecule has 0 saturated heterocycles. The van der Waals surface area contributed by atoms with Gasteiger partial charge in [0, 0.05) is 31.5 Å². The Labute approximate surface area is 139 Å². The lowest BCUT2D eigenvalue weighted by molar-refractivity contribution is -0.120. The first-order valence-corrected chi connectivity index (χ1v) is 7.55. The molecule has 1 N–H and O–H groups in total. The van der Waals surface area contributed by atoms with Gasteiger partial charge in [-0.1, -0.05) is 18.2 Å². The summed E-state index contributed by atoms with van der Waals surface area (Å²) in [6.07, 6.45) is 5.61. The van der Waals surface area contributed by atoms with Crippen LogP contribution in [0.2, 0.25) is 0 Å². The molecule has 0 aliphatic heterocycles. The summed E-state index contributed by atoms with van der Waals surface area (Å²) in [5, 5.41) is 6.95. The third-order valence-electron chi connectivity index (χ3n) is 3.59. The van der Waals surface area contributed by atoms with Crippen LogP contribution in [0, 0.1) is 5.82 Å². The second-order valence-electron chi connectivity index (χ2n) is 5.53. The predicted octanol–water partition coefficient (Wildman–Crippen LogP) is 2.48. The van der Waals surface area contributed by atoms with E-state index in [2.05, 4.69) is 15.4 Å². The van der Waals surface area contributed by atoms with E-state index in [1.807, 2.05) is 25.4 Å². The van der Waals surface area contributed by atoms with Crippen LogP contribution in [0.1, 0.15) is 11.1 Å². The number of hydrogen-bond acceptors (Lipinski definition) is 3. The molecule has 1 aromatic carbocycles.